The van der Waals surface area contributed by atoms with Crippen molar-refractivity contribution in [3.63, 3.8) is 0 Å². The molecule has 1 atom stereocenters. The van der Waals surface area contributed by atoms with E-state index in [1.54, 1.807) is 0 Å². The molecule has 20 heavy (non-hydrogen) atoms. The van der Waals surface area contributed by atoms with Crippen molar-refractivity contribution in [2.45, 2.75) is 12.5 Å². The number of esters is 1. The second kappa shape index (κ2) is 5.70. The van der Waals surface area contributed by atoms with Gasteiger partial charge < -0.3 is 4.74 Å². The minimum Gasteiger partial charge on any atom is -0.464 e. The Kier molecular flexibility index (Phi) is 3.59. The molecule has 1 heterocycles. The minimum absolute atomic E-state index is 0.227. The number of nitrogens with zero attached hydrogens (tertiary/aromatic N) is 1. The lowest BCUT2D eigenvalue weighted by Gasteiger charge is -2.09. The number of carbonyl (C=O) groups excluding carboxylic acids is 1. The van der Waals surface area contributed by atoms with Gasteiger partial charge in [-0.15, -0.1) is 0 Å². The van der Waals surface area contributed by atoms with E-state index in [1.807, 2.05) is 60.7 Å². The Hall–Kier alpha value is -2.42. The Morgan fingerprint density at radius 3 is 1.95 bits per heavy atom. The zero-order chi connectivity index (χ0) is 13.8. The van der Waals surface area contributed by atoms with E-state index < -0.39 is 0 Å². The molecular formula is C17H15NO2. The highest BCUT2D eigenvalue weighted by Crippen LogP contribution is 2.16. The molecule has 1 saturated heterocycles. The fraction of sp³-hybridized carbons (Fsp3) is 0.176. The monoisotopic (exact) mass is 265 g/mol. The van der Waals surface area contributed by atoms with Crippen molar-refractivity contribution >= 4 is 11.7 Å². The minimum atomic E-state index is -0.384. The molecule has 0 aliphatic carbocycles. The normalized spacial score (nSPS) is 17.6. The molecule has 2 aromatic carbocycles. The Morgan fingerprint density at radius 2 is 1.50 bits per heavy atom. The van der Waals surface area contributed by atoms with Crippen molar-refractivity contribution in [1.82, 2.24) is 0 Å². The first kappa shape index (κ1) is 12.6. The average Bonchev–Trinajstić information content (AvgIpc) is 2.92. The number of carbonyl (C=O) groups is 1. The van der Waals surface area contributed by atoms with E-state index in [-0.39, 0.29) is 12.0 Å². The first-order chi connectivity index (χ1) is 9.84. The number of hydrogen-bond acceptors (Lipinski definition) is 3. The third kappa shape index (κ3) is 2.62. The SMILES string of the molecule is O=C1OCC[C@H]1N=C(c1ccccc1)c1ccccc1. The van der Waals surface area contributed by atoms with Crippen LogP contribution in [0.5, 0.6) is 0 Å². The Bertz CT molecular complexity index is 578. The lowest BCUT2D eigenvalue weighted by atomic mass is 10.0. The first-order valence-corrected chi connectivity index (χ1v) is 6.70. The van der Waals surface area contributed by atoms with Gasteiger partial charge in [0.1, 0.15) is 0 Å². The van der Waals surface area contributed by atoms with Gasteiger partial charge in [-0.2, -0.15) is 0 Å². The highest BCUT2D eigenvalue weighted by atomic mass is 16.5. The topological polar surface area (TPSA) is 38.7 Å². The molecule has 2 aromatic rings. The van der Waals surface area contributed by atoms with Crippen LogP contribution in [0.4, 0.5) is 0 Å². The summed E-state index contributed by atoms with van der Waals surface area (Å²) in [4.78, 5) is 16.3. The van der Waals surface area contributed by atoms with Crippen LogP contribution in [0.15, 0.2) is 65.7 Å². The van der Waals surface area contributed by atoms with E-state index in [9.17, 15) is 4.79 Å². The van der Waals surface area contributed by atoms with Crippen molar-refractivity contribution < 1.29 is 9.53 Å². The molecular weight excluding hydrogens is 250 g/mol. The molecule has 3 heteroatoms. The van der Waals surface area contributed by atoms with E-state index in [1.165, 1.54) is 0 Å². The zero-order valence-corrected chi connectivity index (χ0v) is 11.0. The molecule has 0 amide bonds. The number of benzene rings is 2. The second-order valence-electron chi connectivity index (χ2n) is 4.68. The zero-order valence-electron chi connectivity index (χ0n) is 11.0. The number of hydrogen-bond donors (Lipinski definition) is 0. The summed E-state index contributed by atoms with van der Waals surface area (Å²) in [6.45, 7) is 0.462. The van der Waals surface area contributed by atoms with Crippen molar-refractivity contribution in [3.05, 3.63) is 71.8 Å². The van der Waals surface area contributed by atoms with Gasteiger partial charge in [-0.1, -0.05) is 60.7 Å². The van der Waals surface area contributed by atoms with Crippen molar-refractivity contribution in [3.8, 4) is 0 Å². The highest BCUT2D eigenvalue weighted by Gasteiger charge is 2.26. The quantitative estimate of drug-likeness (QED) is 0.632. The number of ether oxygens (including phenoxy) is 1. The van der Waals surface area contributed by atoms with Crippen molar-refractivity contribution in [2.24, 2.45) is 4.99 Å². The Labute approximate surface area is 117 Å². The van der Waals surface area contributed by atoms with Crippen LogP contribution in [-0.2, 0) is 9.53 Å². The smallest absolute Gasteiger partial charge is 0.331 e. The summed E-state index contributed by atoms with van der Waals surface area (Å²) in [5, 5.41) is 0. The van der Waals surface area contributed by atoms with E-state index in [4.69, 9.17) is 4.74 Å². The van der Waals surface area contributed by atoms with Crippen LogP contribution in [0.3, 0.4) is 0 Å². The van der Waals surface area contributed by atoms with Crippen LogP contribution in [0.1, 0.15) is 17.5 Å². The van der Waals surface area contributed by atoms with Gasteiger partial charge in [0.15, 0.2) is 6.04 Å². The molecule has 1 aliphatic heterocycles. The van der Waals surface area contributed by atoms with E-state index >= 15 is 0 Å². The van der Waals surface area contributed by atoms with Crippen LogP contribution >= 0.6 is 0 Å². The maximum atomic E-state index is 11.6. The maximum absolute atomic E-state index is 11.6. The van der Waals surface area contributed by atoms with Gasteiger partial charge in [-0.3, -0.25) is 4.99 Å². The fourth-order valence-corrected chi connectivity index (χ4v) is 2.27. The lowest BCUT2D eigenvalue weighted by Crippen LogP contribution is -2.16. The van der Waals surface area contributed by atoms with Crippen LogP contribution < -0.4 is 0 Å². The molecule has 3 rings (SSSR count). The molecule has 0 unspecified atom stereocenters. The lowest BCUT2D eigenvalue weighted by molar-refractivity contribution is -0.138. The van der Waals surface area contributed by atoms with Gasteiger partial charge in [0, 0.05) is 17.5 Å². The van der Waals surface area contributed by atoms with Crippen molar-refractivity contribution in [1.29, 1.82) is 0 Å². The van der Waals surface area contributed by atoms with Gasteiger partial charge in [0.25, 0.3) is 0 Å². The molecule has 0 radical (unpaired) electrons. The van der Waals surface area contributed by atoms with Gasteiger partial charge in [-0.25, -0.2) is 4.79 Å². The predicted octanol–water partition coefficient (Wildman–Crippen LogP) is 2.84. The van der Waals surface area contributed by atoms with Gasteiger partial charge in [0.05, 0.1) is 12.3 Å². The summed E-state index contributed by atoms with van der Waals surface area (Å²) in [5.74, 6) is -0.227. The fourth-order valence-electron chi connectivity index (χ4n) is 2.27. The Morgan fingerprint density at radius 1 is 0.950 bits per heavy atom. The third-order valence-corrected chi connectivity index (χ3v) is 3.29. The molecule has 0 spiro atoms. The van der Waals surface area contributed by atoms with E-state index in [0.29, 0.717) is 13.0 Å². The molecule has 0 aromatic heterocycles. The summed E-state index contributed by atoms with van der Waals surface area (Å²) in [6.07, 6.45) is 0.655. The van der Waals surface area contributed by atoms with Crippen LogP contribution in [0.2, 0.25) is 0 Å². The molecule has 100 valence electrons. The molecule has 0 N–H and O–H groups in total. The van der Waals surface area contributed by atoms with Gasteiger partial charge in [0.2, 0.25) is 0 Å². The molecule has 0 saturated carbocycles. The standard InChI is InChI=1S/C17H15NO2/c19-17-15(11-12-20-17)18-16(13-7-3-1-4-8-13)14-9-5-2-6-10-14/h1-10,15H,11-12H2/t15-/m1/s1. The average molecular weight is 265 g/mol. The summed E-state index contributed by atoms with van der Waals surface area (Å²) in [5.41, 5.74) is 2.87. The second-order valence-corrected chi connectivity index (χ2v) is 4.68. The van der Waals surface area contributed by atoms with Crippen molar-refractivity contribution in [2.75, 3.05) is 6.61 Å². The largest absolute Gasteiger partial charge is 0.464 e. The molecule has 1 aliphatic rings. The number of cyclic esters (lactones) is 1. The van der Waals surface area contributed by atoms with Gasteiger partial charge in [-0.05, 0) is 0 Å². The summed E-state index contributed by atoms with van der Waals surface area (Å²) >= 11 is 0. The summed E-state index contributed by atoms with van der Waals surface area (Å²) in [6, 6.07) is 19.5. The highest BCUT2D eigenvalue weighted by molar-refractivity contribution is 6.13. The molecule has 1 fully saturated rings. The van der Waals surface area contributed by atoms with Crippen LogP contribution in [-0.4, -0.2) is 24.3 Å². The van der Waals surface area contributed by atoms with E-state index in [2.05, 4.69) is 4.99 Å². The molecule has 3 nitrogen and oxygen atoms in total. The first-order valence-electron chi connectivity index (χ1n) is 6.70. The molecule has 0 bridgehead atoms. The summed E-state index contributed by atoms with van der Waals surface area (Å²) < 4.78 is 4.99. The third-order valence-electron chi connectivity index (χ3n) is 3.29. The van der Waals surface area contributed by atoms with Crippen LogP contribution in [0, 0.1) is 0 Å². The van der Waals surface area contributed by atoms with Crippen LogP contribution in [0.25, 0.3) is 0 Å². The predicted molar refractivity (Wildman–Crippen MR) is 77.9 cm³/mol. The number of rotatable bonds is 3. The number of aliphatic imine (C=N–C) groups is 1. The summed E-state index contributed by atoms with van der Waals surface area (Å²) in [7, 11) is 0. The van der Waals surface area contributed by atoms with Gasteiger partial charge >= 0.3 is 5.97 Å². The maximum Gasteiger partial charge on any atom is 0.331 e. The van der Waals surface area contributed by atoms with E-state index in [0.717, 1.165) is 16.8 Å². The Balaban J connectivity index is 2.04.